The lowest BCUT2D eigenvalue weighted by atomic mass is 10.2. The highest BCUT2D eigenvalue weighted by molar-refractivity contribution is 6.32. The number of halogens is 1. The summed E-state index contributed by atoms with van der Waals surface area (Å²) < 4.78 is 1.77. The smallest absolute Gasteiger partial charge is 0.225 e. The number of para-hydroxylation sites is 1. The first-order valence-electron chi connectivity index (χ1n) is 8.27. The molecule has 0 saturated carbocycles. The van der Waals surface area contributed by atoms with Crippen molar-refractivity contribution in [3.05, 3.63) is 53.9 Å². The molecule has 3 aromatic rings. The molecule has 0 amide bonds. The quantitative estimate of drug-likeness (QED) is 0.724. The summed E-state index contributed by atoms with van der Waals surface area (Å²) in [6, 6.07) is 9.55. The van der Waals surface area contributed by atoms with Gasteiger partial charge in [0.2, 0.25) is 5.95 Å². The number of rotatable bonds is 3. The Kier molecular flexibility index (Phi) is 4.38. The van der Waals surface area contributed by atoms with E-state index in [2.05, 4.69) is 26.9 Å². The molecule has 0 unspecified atom stereocenters. The van der Waals surface area contributed by atoms with Crippen LogP contribution in [0.3, 0.4) is 0 Å². The summed E-state index contributed by atoms with van der Waals surface area (Å²) in [5.74, 6) is 0.774. The van der Waals surface area contributed by atoms with Crippen molar-refractivity contribution in [2.75, 3.05) is 38.1 Å². The van der Waals surface area contributed by atoms with Crippen LogP contribution < -0.4 is 4.90 Å². The number of hydrogen-bond acceptors (Lipinski definition) is 5. The molecule has 1 aliphatic rings. The first-order valence-corrected chi connectivity index (χ1v) is 8.65. The number of benzene rings is 1. The van der Waals surface area contributed by atoms with Crippen molar-refractivity contribution in [3.63, 3.8) is 0 Å². The number of piperazine rings is 1. The van der Waals surface area contributed by atoms with E-state index in [1.165, 1.54) is 0 Å². The van der Waals surface area contributed by atoms with E-state index in [1.807, 2.05) is 42.7 Å². The molecular formula is C18H19ClN6. The predicted molar refractivity (Wildman–Crippen MR) is 99.3 cm³/mol. The summed E-state index contributed by atoms with van der Waals surface area (Å²) in [6.07, 6.45) is 5.56. The number of anilines is 1. The Hall–Kier alpha value is -2.44. The van der Waals surface area contributed by atoms with Crippen LogP contribution in [-0.4, -0.2) is 57.9 Å². The molecule has 0 atom stereocenters. The molecule has 1 aromatic carbocycles. The zero-order valence-corrected chi connectivity index (χ0v) is 14.8. The fraction of sp³-hybridized carbons (Fsp3) is 0.278. The largest absolute Gasteiger partial charge is 0.338 e. The van der Waals surface area contributed by atoms with E-state index in [4.69, 9.17) is 16.6 Å². The molecule has 3 heterocycles. The molecule has 0 spiro atoms. The third kappa shape index (κ3) is 3.36. The molecule has 1 aliphatic heterocycles. The standard InChI is InChI=1S/C18H19ClN6/c1-23-8-10-24(11-9-23)18-20-7-6-16(22-18)14-12-21-25(13-14)17-5-3-2-4-15(17)19/h2-7,12-13H,8-11H2,1H3. The van der Waals surface area contributed by atoms with Crippen molar-refractivity contribution >= 4 is 17.5 Å². The van der Waals surface area contributed by atoms with Gasteiger partial charge in [0.1, 0.15) is 0 Å². The molecule has 0 N–H and O–H groups in total. The van der Waals surface area contributed by atoms with Crippen molar-refractivity contribution in [2.24, 2.45) is 0 Å². The molecule has 6 nitrogen and oxygen atoms in total. The molecular weight excluding hydrogens is 336 g/mol. The van der Waals surface area contributed by atoms with Gasteiger partial charge in [-0.15, -0.1) is 0 Å². The maximum absolute atomic E-state index is 6.26. The minimum atomic E-state index is 0.665. The molecule has 0 radical (unpaired) electrons. The van der Waals surface area contributed by atoms with Gasteiger partial charge in [-0.05, 0) is 25.2 Å². The maximum Gasteiger partial charge on any atom is 0.225 e. The van der Waals surface area contributed by atoms with Crippen LogP contribution in [0, 0.1) is 0 Å². The lowest BCUT2D eigenvalue weighted by Crippen LogP contribution is -2.45. The van der Waals surface area contributed by atoms with Gasteiger partial charge in [-0.25, -0.2) is 14.6 Å². The molecule has 0 bridgehead atoms. The second-order valence-corrected chi connectivity index (χ2v) is 6.56. The van der Waals surface area contributed by atoms with E-state index >= 15 is 0 Å². The summed E-state index contributed by atoms with van der Waals surface area (Å²) in [6.45, 7) is 3.94. The molecule has 1 fully saturated rings. The Bertz CT molecular complexity index is 869. The SMILES string of the molecule is CN1CCN(c2nccc(-c3cnn(-c4ccccc4Cl)c3)n2)CC1. The number of nitrogens with zero attached hydrogens (tertiary/aromatic N) is 6. The van der Waals surface area contributed by atoms with Crippen molar-refractivity contribution in [2.45, 2.75) is 0 Å². The van der Waals surface area contributed by atoms with Crippen LogP contribution in [0.4, 0.5) is 5.95 Å². The van der Waals surface area contributed by atoms with Gasteiger partial charge in [-0.3, -0.25) is 0 Å². The minimum absolute atomic E-state index is 0.665. The summed E-state index contributed by atoms with van der Waals surface area (Å²) in [4.78, 5) is 13.7. The minimum Gasteiger partial charge on any atom is -0.338 e. The van der Waals surface area contributed by atoms with Crippen LogP contribution in [0.15, 0.2) is 48.9 Å². The Balaban J connectivity index is 1.61. The molecule has 128 valence electrons. The Morgan fingerprint density at radius 1 is 1.04 bits per heavy atom. The highest BCUT2D eigenvalue weighted by atomic mass is 35.5. The zero-order chi connectivity index (χ0) is 17.2. The Labute approximate surface area is 151 Å². The molecule has 4 rings (SSSR count). The van der Waals surface area contributed by atoms with Gasteiger partial charge < -0.3 is 9.80 Å². The van der Waals surface area contributed by atoms with Crippen LogP contribution in [0.25, 0.3) is 16.9 Å². The predicted octanol–water partition coefficient (Wildman–Crippen LogP) is 2.73. The topological polar surface area (TPSA) is 50.1 Å². The first-order chi connectivity index (χ1) is 12.2. The molecule has 0 aliphatic carbocycles. The van der Waals surface area contributed by atoms with Gasteiger partial charge in [0.15, 0.2) is 0 Å². The van der Waals surface area contributed by atoms with Crippen LogP contribution in [0.1, 0.15) is 0 Å². The third-order valence-corrected chi connectivity index (χ3v) is 4.73. The van der Waals surface area contributed by atoms with E-state index in [-0.39, 0.29) is 0 Å². The van der Waals surface area contributed by atoms with Gasteiger partial charge in [-0.1, -0.05) is 23.7 Å². The van der Waals surface area contributed by atoms with Crippen LogP contribution in [-0.2, 0) is 0 Å². The van der Waals surface area contributed by atoms with Crippen molar-refractivity contribution < 1.29 is 0 Å². The van der Waals surface area contributed by atoms with Gasteiger partial charge in [0, 0.05) is 44.1 Å². The third-order valence-electron chi connectivity index (χ3n) is 4.41. The molecule has 7 heteroatoms. The van der Waals surface area contributed by atoms with Crippen molar-refractivity contribution in [1.82, 2.24) is 24.6 Å². The highest BCUT2D eigenvalue weighted by Crippen LogP contribution is 2.23. The summed E-state index contributed by atoms with van der Waals surface area (Å²) in [7, 11) is 2.14. The van der Waals surface area contributed by atoms with E-state index in [0.717, 1.165) is 49.1 Å². The fourth-order valence-electron chi connectivity index (χ4n) is 2.89. The Morgan fingerprint density at radius 2 is 1.84 bits per heavy atom. The lowest BCUT2D eigenvalue weighted by molar-refractivity contribution is 0.311. The number of likely N-dealkylation sites (N-methyl/N-ethyl adjacent to an activating group) is 1. The van der Waals surface area contributed by atoms with Crippen molar-refractivity contribution in [3.8, 4) is 16.9 Å². The van der Waals surface area contributed by atoms with Gasteiger partial charge in [-0.2, -0.15) is 5.10 Å². The van der Waals surface area contributed by atoms with E-state index < -0.39 is 0 Å². The molecule has 2 aromatic heterocycles. The van der Waals surface area contributed by atoms with Crippen LogP contribution >= 0.6 is 11.6 Å². The second kappa shape index (κ2) is 6.82. The van der Waals surface area contributed by atoms with E-state index in [9.17, 15) is 0 Å². The highest BCUT2D eigenvalue weighted by Gasteiger charge is 2.17. The number of aromatic nitrogens is 4. The monoisotopic (exact) mass is 354 g/mol. The van der Waals surface area contributed by atoms with E-state index in [0.29, 0.717) is 5.02 Å². The zero-order valence-electron chi connectivity index (χ0n) is 14.0. The van der Waals surface area contributed by atoms with Gasteiger partial charge >= 0.3 is 0 Å². The van der Waals surface area contributed by atoms with Crippen LogP contribution in [0.5, 0.6) is 0 Å². The average molecular weight is 355 g/mol. The summed E-state index contributed by atoms with van der Waals surface area (Å²) >= 11 is 6.26. The van der Waals surface area contributed by atoms with Crippen LogP contribution in [0.2, 0.25) is 5.02 Å². The Morgan fingerprint density at radius 3 is 2.64 bits per heavy atom. The lowest BCUT2D eigenvalue weighted by Gasteiger charge is -2.32. The van der Waals surface area contributed by atoms with Gasteiger partial charge in [0.05, 0.1) is 22.6 Å². The average Bonchev–Trinajstić information content (AvgIpc) is 3.13. The normalized spacial score (nSPS) is 15.5. The molecule has 1 saturated heterocycles. The second-order valence-electron chi connectivity index (χ2n) is 6.16. The van der Waals surface area contributed by atoms with Gasteiger partial charge in [0.25, 0.3) is 0 Å². The van der Waals surface area contributed by atoms with Crippen molar-refractivity contribution in [1.29, 1.82) is 0 Å². The first kappa shape index (κ1) is 16.1. The summed E-state index contributed by atoms with van der Waals surface area (Å²) in [5.41, 5.74) is 2.66. The number of hydrogen-bond donors (Lipinski definition) is 0. The maximum atomic E-state index is 6.26. The van der Waals surface area contributed by atoms with E-state index in [1.54, 1.807) is 10.9 Å². The molecule has 25 heavy (non-hydrogen) atoms. The summed E-state index contributed by atoms with van der Waals surface area (Å²) in [5, 5.41) is 5.09. The fourth-order valence-corrected chi connectivity index (χ4v) is 3.11.